The highest BCUT2D eigenvalue weighted by molar-refractivity contribution is 5.94. The van der Waals surface area contributed by atoms with Crippen LogP contribution in [-0.2, 0) is 0 Å². The summed E-state index contributed by atoms with van der Waals surface area (Å²) in [6.45, 7) is 10.3. The van der Waals surface area contributed by atoms with E-state index in [0.717, 1.165) is 29.9 Å². The maximum Gasteiger partial charge on any atom is 0.251 e. The molecular formula is C17H26N2O. The van der Waals surface area contributed by atoms with E-state index in [4.69, 9.17) is 0 Å². The monoisotopic (exact) mass is 274 g/mol. The fourth-order valence-electron chi connectivity index (χ4n) is 2.67. The summed E-state index contributed by atoms with van der Waals surface area (Å²) in [5, 5.41) is 6.39. The van der Waals surface area contributed by atoms with Crippen molar-refractivity contribution in [3.05, 3.63) is 29.3 Å². The Bertz CT molecular complexity index is 490. The number of rotatable bonds is 6. The lowest BCUT2D eigenvalue weighted by Crippen LogP contribution is -2.32. The third kappa shape index (κ3) is 3.14. The van der Waals surface area contributed by atoms with E-state index in [-0.39, 0.29) is 5.91 Å². The summed E-state index contributed by atoms with van der Waals surface area (Å²) in [6.07, 6.45) is 2.48. The molecule has 1 aromatic carbocycles. The number of hydrogen-bond donors (Lipinski definition) is 2. The zero-order valence-electron chi connectivity index (χ0n) is 13.0. The van der Waals surface area contributed by atoms with E-state index in [1.165, 1.54) is 12.8 Å². The van der Waals surface area contributed by atoms with Crippen LogP contribution in [0, 0.1) is 18.3 Å². The zero-order chi connectivity index (χ0) is 14.8. The van der Waals surface area contributed by atoms with Crippen LogP contribution in [0.4, 0.5) is 5.69 Å². The SMILES string of the molecule is CCNc1ccc(C(=O)NCC2(C(C)C)CC2)cc1C. The van der Waals surface area contributed by atoms with Gasteiger partial charge in [-0.05, 0) is 61.8 Å². The highest BCUT2D eigenvalue weighted by Crippen LogP contribution is 2.51. The molecule has 110 valence electrons. The van der Waals surface area contributed by atoms with Crippen LogP contribution in [0.2, 0.25) is 0 Å². The van der Waals surface area contributed by atoms with Gasteiger partial charge in [-0.25, -0.2) is 0 Å². The molecule has 0 aliphatic heterocycles. The molecule has 20 heavy (non-hydrogen) atoms. The lowest BCUT2D eigenvalue weighted by atomic mass is 9.92. The third-order valence-corrected chi connectivity index (χ3v) is 4.57. The van der Waals surface area contributed by atoms with Crippen molar-refractivity contribution in [2.75, 3.05) is 18.4 Å². The number of aryl methyl sites for hydroxylation is 1. The Hall–Kier alpha value is -1.51. The first kappa shape index (κ1) is 14.9. The molecule has 0 heterocycles. The summed E-state index contributed by atoms with van der Waals surface area (Å²) < 4.78 is 0. The Labute approximate surface area is 122 Å². The molecule has 3 nitrogen and oxygen atoms in total. The van der Waals surface area contributed by atoms with Crippen molar-refractivity contribution in [2.45, 2.75) is 40.5 Å². The maximum absolute atomic E-state index is 12.2. The molecule has 2 rings (SSSR count). The van der Waals surface area contributed by atoms with Crippen LogP contribution in [0.3, 0.4) is 0 Å². The molecule has 0 spiro atoms. The Kier molecular flexibility index (Phi) is 4.36. The molecule has 1 amide bonds. The Morgan fingerprint density at radius 3 is 2.55 bits per heavy atom. The predicted molar refractivity (Wildman–Crippen MR) is 84.2 cm³/mol. The summed E-state index contributed by atoms with van der Waals surface area (Å²) >= 11 is 0. The molecule has 1 aromatic rings. The quantitative estimate of drug-likeness (QED) is 0.832. The lowest BCUT2D eigenvalue weighted by molar-refractivity contribution is 0.0939. The summed E-state index contributed by atoms with van der Waals surface area (Å²) in [6, 6.07) is 5.85. The molecular weight excluding hydrogens is 248 g/mol. The van der Waals surface area contributed by atoms with Gasteiger partial charge < -0.3 is 10.6 Å². The van der Waals surface area contributed by atoms with Gasteiger partial charge in [-0.3, -0.25) is 4.79 Å². The van der Waals surface area contributed by atoms with Gasteiger partial charge in [-0.1, -0.05) is 13.8 Å². The van der Waals surface area contributed by atoms with E-state index in [1.807, 2.05) is 25.1 Å². The number of amides is 1. The fraction of sp³-hybridized carbons (Fsp3) is 0.588. The number of hydrogen-bond acceptors (Lipinski definition) is 2. The highest BCUT2D eigenvalue weighted by Gasteiger charge is 2.45. The van der Waals surface area contributed by atoms with Crippen LogP contribution in [0.15, 0.2) is 18.2 Å². The summed E-state index contributed by atoms with van der Waals surface area (Å²) in [4.78, 5) is 12.2. The van der Waals surface area contributed by atoms with Crippen LogP contribution < -0.4 is 10.6 Å². The summed E-state index contributed by atoms with van der Waals surface area (Å²) in [7, 11) is 0. The first-order valence-electron chi connectivity index (χ1n) is 7.61. The second kappa shape index (κ2) is 5.86. The van der Waals surface area contributed by atoms with Crippen molar-refractivity contribution < 1.29 is 4.79 Å². The highest BCUT2D eigenvalue weighted by atomic mass is 16.1. The van der Waals surface area contributed by atoms with Crippen molar-refractivity contribution in [3.63, 3.8) is 0 Å². The fourth-order valence-corrected chi connectivity index (χ4v) is 2.67. The number of anilines is 1. The lowest BCUT2D eigenvalue weighted by Gasteiger charge is -2.20. The van der Waals surface area contributed by atoms with E-state index in [1.54, 1.807) is 0 Å². The van der Waals surface area contributed by atoms with E-state index < -0.39 is 0 Å². The minimum atomic E-state index is 0.0445. The smallest absolute Gasteiger partial charge is 0.251 e. The second-order valence-corrected chi connectivity index (χ2v) is 6.26. The number of carbonyl (C=O) groups excluding carboxylic acids is 1. The van der Waals surface area contributed by atoms with Crippen molar-refractivity contribution >= 4 is 11.6 Å². The average Bonchev–Trinajstić information content (AvgIpc) is 3.20. The summed E-state index contributed by atoms with van der Waals surface area (Å²) in [5.41, 5.74) is 3.33. The number of nitrogens with one attached hydrogen (secondary N) is 2. The molecule has 0 radical (unpaired) electrons. The van der Waals surface area contributed by atoms with Crippen LogP contribution in [0.5, 0.6) is 0 Å². The number of carbonyl (C=O) groups is 1. The van der Waals surface area contributed by atoms with Crippen LogP contribution >= 0.6 is 0 Å². The molecule has 1 aliphatic carbocycles. The second-order valence-electron chi connectivity index (χ2n) is 6.26. The molecule has 1 aliphatic rings. The third-order valence-electron chi connectivity index (χ3n) is 4.57. The zero-order valence-corrected chi connectivity index (χ0v) is 13.0. The maximum atomic E-state index is 12.2. The molecule has 1 fully saturated rings. The topological polar surface area (TPSA) is 41.1 Å². The Morgan fingerprint density at radius 1 is 1.35 bits per heavy atom. The van der Waals surface area contributed by atoms with E-state index in [2.05, 4.69) is 31.4 Å². The average molecular weight is 274 g/mol. The minimum Gasteiger partial charge on any atom is -0.385 e. The Balaban J connectivity index is 1.97. The van der Waals surface area contributed by atoms with Gasteiger partial charge in [0.2, 0.25) is 0 Å². The van der Waals surface area contributed by atoms with E-state index in [0.29, 0.717) is 11.3 Å². The van der Waals surface area contributed by atoms with Crippen molar-refractivity contribution in [2.24, 2.45) is 11.3 Å². The first-order valence-corrected chi connectivity index (χ1v) is 7.61. The van der Waals surface area contributed by atoms with Gasteiger partial charge in [-0.15, -0.1) is 0 Å². The molecule has 1 saturated carbocycles. The van der Waals surface area contributed by atoms with Crippen molar-refractivity contribution in [1.29, 1.82) is 0 Å². The van der Waals surface area contributed by atoms with Gasteiger partial charge in [0, 0.05) is 24.3 Å². The molecule has 3 heteroatoms. The van der Waals surface area contributed by atoms with Gasteiger partial charge in [0.25, 0.3) is 5.91 Å². The van der Waals surface area contributed by atoms with Gasteiger partial charge >= 0.3 is 0 Å². The number of benzene rings is 1. The predicted octanol–water partition coefficient (Wildman–Crippen LogP) is 3.59. The Morgan fingerprint density at radius 2 is 2.05 bits per heavy atom. The van der Waals surface area contributed by atoms with Gasteiger partial charge in [0.1, 0.15) is 0 Å². The van der Waals surface area contributed by atoms with Crippen LogP contribution in [0.25, 0.3) is 0 Å². The normalized spacial score (nSPS) is 16.1. The van der Waals surface area contributed by atoms with Crippen molar-refractivity contribution in [1.82, 2.24) is 5.32 Å². The molecule has 0 bridgehead atoms. The van der Waals surface area contributed by atoms with Gasteiger partial charge in [0.05, 0.1) is 0 Å². The van der Waals surface area contributed by atoms with Gasteiger partial charge in [0.15, 0.2) is 0 Å². The molecule has 2 N–H and O–H groups in total. The standard InChI is InChI=1S/C17H26N2O/c1-5-18-15-7-6-14(10-13(15)4)16(20)19-11-17(8-9-17)12(2)3/h6-7,10,12,18H,5,8-9,11H2,1-4H3,(H,19,20). The first-order chi connectivity index (χ1) is 9.48. The molecule has 0 aromatic heterocycles. The molecule has 0 atom stereocenters. The minimum absolute atomic E-state index is 0.0445. The van der Waals surface area contributed by atoms with Crippen LogP contribution in [0.1, 0.15) is 49.5 Å². The van der Waals surface area contributed by atoms with E-state index in [9.17, 15) is 4.79 Å². The largest absolute Gasteiger partial charge is 0.385 e. The van der Waals surface area contributed by atoms with Crippen molar-refractivity contribution in [3.8, 4) is 0 Å². The molecule has 0 saturated heterocycles. The van der Waals surface area contributed by atoms with Crippen LogP contribution in [-0.4, -0.2) is 19.0 Å². The van der Waals surface area contributed by atoms with E-state index >= 15 is 0 Å². The summed E-state index contributed by atoms with van der Waals surface area (Å²) in [5.74, 6) is 0.684. The van der Waals surface area contributed by atoms with Gasteiger partial charge in [-0.2, -0.15) is 0 Å². The molecule has 0 unspecified atom stereocenters.